The van der Waals surface area contributed by atoms with E-state index in [1.54, 1.807) is 0 Å². The van der Waals surface area contributed by atoms with Gasteiger partial charge in [0.15, 0.2) is 0 Å². The fraction of sp³-hybridized carbons (Fsp3) is 0.0612. The van der Waals surface area contributed by atoms with E-state index in [4.69, 9.17) is 0 Å². The van der Waals surface area contributed by atoms with E-state index in [0.29, 0.717) is 0 Å². The van der Waals surface area contributed by atoms with Gasteiger partial charge in [-0.05, 0) is 86.1 Å². The van der Waals surface area contributed by atoms with Crippen molar-refractivity contribution in [2.75, 3.05) is 4.90 Å². The van der Waals surface area contributed by atoms with Crippen LogP contribution in [0.5, 0.6) is 0 Å². The van der Waals surface area contributed by atoms with Gasteiger partial charge in [0, 0.05) is 36.8 Å². The highest BCUT2D eigenvalue weighted by Gasteiger charge is 2.39. The SMILES string of the molecule is CC1(C)c2ccccc2-c2cccc(N(c3ccc(-c4cccc5ccccc45)cc3)c3ccccc3-c3cccc4sc5ccccc5c34)c21. The first-order chi connectivity index (χ1) is 25.1. The quantitative estimate of drug-likeness (QED) is 0.176. The molecule has 51 heavy (non-hydrogen) atoms. The fourth-order valence-electron chi connectivity index (χ4n) is 8.58. The summed E-state index contributed by atoms with van der Waals surface area (Å²) in [6, 6.07) is 64.8. The zero-order chi connectivity index (χ0) is 34.1. The Balaban J connectivity index is 1.23. The summed E-state index contributed by atoms with van der Waals surface area (Å²) < 4.78 is 2.63. The number of thiophene rings is 1. The molecule has 2 heteroatoms. The van der Waals surface area contributed by atoms with Crippen LogP contribution in [0.25, 0.3) is 64.3 Å². The molecule has 1 aliphatic carbocycles. The smallest absolute Gasteiger partial charge is 0.0540 e. The molecule has 0 bridgehead atoms. The molecule has 1 aromatic heterocycles. The molecule has 242 valence electrons. The summed E-state index contributed by atoms with van der Waals surface area (Å²) in [6.07, 6.45) is 0. The van der Waals surface area contributed by atoms with Crippen LogP contribution in [0.4, 0.5) is 17.1 Å². The summed E-state index contributed by atoms with van der Waals surface area (Å²) >= 11 is 1.87. The molecule has 0 saturated carbocycles. The number of fused-ring (bicyclic) bond motifs is 7. The second-order valence-corrected chi connectivity index (χ2v) is 15.2. The Hall–Kier alpha value is -5.96. The van der Waals surface area contributed by atoms with Crippen molar-refractivity contribution >= 4 is 59.3 Å². The summed E-state index contributed by atoms with van der Waals surface area (Å²) in [5, 5.41) is 5.16. The molecule has 0 fully saturated rings. The number of nitrogens with zero attached hydrogens (tertiary/aromatic N) is 1. The molecule has 0 amide bonds. The molecule has 0 radical (unpaired) electrons. The second-order valence-electron chi connectivity index (χ2n) is 14.1. The number of hydrogen-bond donors (Lipinski definition) is 0. The maximum atomic E-state index is 2.52. The van der Waals surface area contributed by atoms with Gasteiger partial charge >= 0.3 is 0 Å². The van der Waals surface area contributed by atoms with E-state index in [1.165, 1.54) is 86.8 Å². The zero-order valence-corrected chi connectivity index (χ0v) is 29.4. The maximum Gasteiger partial charge on any atom is 0.0540 e. The highest BCUT2D eigenvalue weighted by Crippen LogP contribution is 2.55. The Labute approximate surface area is 302 Å². The van der Waals surface area contributed by atoms with E-state index in [0.717, 1.165) is 5.69 Å². The molecule has 1 nitrogen and oxygen atoms in total. The number of anilines is 3. The van der Waals surface area contributed by atoms with Gasteiger partial charge in [0.05, 0.1) is 11.4 Å². The minimum absolute atomic E-state index is 0.178. The van der Waals surface area contributed by atoms with Gasteiger partial charge in [0.25, 0.3) is 0 Å². The van der Waals surface area contributed by atoms with E-state index in [9.17, 15) is 0 Å². The topological polar surface area (TPSA) is 3.24 Å². The van der Waals surface area contributed by atoms with Crippen molar-refractivity contribution in [3.05, 3.63) is 187 Å². The first-order valence-electron chi connectivity index (χ1n) is 17.7. The number of benzene rings is 8. The molecule has 0 spiro atoms. The largest absolute Gasteiger partial charge is 0.310 e. The van der Waals surface area contributed by atoms with Crippen LogP contribution in [0, 0.1) is 0 Å². The van der Waals surface area contributed by atoms with Crippen LogP contribution in [0.2, 0.25) is 0 Å². The van der Waals surface area contributed by atoms with E-state index < -0.39 is 0 Å². The van der Waals surface area contributed by atoms with Crippen molar-refractivity contribution in [3.8, 4) is 33.4 Å². The van der Waals surface area contributed by atoms with Crippen LogP contribution < -0.4 is 4.90 Å². The van der Waals surface area contributed by atoms with Crippen molar-refractivity contribution in [2.24, 2.45) is 0 Å². The summed E-state index contributed by atoms with van der Waals surface area (Å²) in [4.78, 5) is 2.52. The molecule has 0 N–H and O–H groups in total. The predicted octanol–water partition coefficient (Wildman–Crippen LogP) is 14.3. The Kier molecular flexibility index (Phi) is 6.78. The van der Waals surface area contributed by atoms with Gasteiger partial charge in [-0.3, -0.25) is 0 Å². The van der Waals surface area contributed by atoms with Crippen LogP contribution >= 0.6 is 11.3 Å². The Morgan fingerprint density at radius 1 is 0.431 bits per heavy atom. The second kappa shape index (κ2) is 11.6. The predicted molar refractivity (Wildman–Crippen MR) is 220 cm³/mol. The number of hydrogen-bond acceptors (Lipinski definition) is 2. The molecule has 0 unspecified atom stereocenters. The normalized spacial score (nSPS) is 13.1. The van der Waals surface area contributed by atoms with Crippen LogP contribution in [-0.2, 0) is 5.41 Å². The molecular weight excluding hydrogens is 635 g/mol. The monoisotopic (exact) mass is 669 g/mol. The van der Waals surface area contributed by atoms with Gasteiger partial charge in [-0.1, -0.05) is 153 Å². The molecule has 9 aromatic rings. The van der Waals surface area contributed by atoms with Gasteiger partial charge < -0.3 is 4.90 Å². The Morgan fingerprint density at radius 2 is 1.02 bits per heavy atom. The highest BCUT2D eigenvalue weighted by atomic mass is 32.1. The van der Waals surface area contributed by atoms with Crippen LogP contribution in [0.15, 0.2) is 176 Å². The fourth-order valence-corrected chi connectivity index (χ4v) is 9.71. The Morgan fingerprint density at radius 3 is 1.90 bits per heavy atom. The first-order valence-corrected chi connectivity index (χ1v) is 18.5. The third-order valence-electron chi connectivity index (χ3n) is 10.9. The first kappa shape index (κ1) is 29.9. The van der Waals surface area contributed by atoms with Gasteiger partial charge in [-0.2, -0.15) is 0 Å². The van der Waals surface area contributed by atoms with E-state index in [2.05, 4.69) is 195 Å². The molecule has 0 saturated heterocycles. The van der Waals surface area contributed by atoms with Gasteiger partial charge in [-0.15, -0.1) is 11.3 Å². The van der Waals surface area contributed by atoms with Crippen molar-refractivity contribution in [3.63, 3.8) is 0 Å². The molecule has 0 aliphatic heterocycles. The Bertz CT molecular complexity index is 2780. The number of rotatable bonds is 5. The minimum atomic E-state index is -0.178. The van der Waals surface area contributed by atoms with Crippen LogP contribution in [0.1, 0.15) is 25.0 Å². The van der Waals surface area contributed by atoms with Gasteiger partial charge in [0.2, 0.25) is 0 Å². The van der Waals surface area contributed by atoms with Crippen molar-refractivity contribution in [2.45, 2.75) is 19.3 Å². The summed E-state index contributed by atoms with van der Waals surface area (Å²) in [6.45, 7) is 4.76. The van der Waals surface area contributed by atoms with E-state index >= 15 is 0 Å². The molecule has 0 atom stereocenters. The van der Waals surface area contributed by atoms with E-state index in [1.807, 2.05) is 11.3 Å². The molecule has 1 heterocycles. The van der Waals surface area contributed by atoms with Gasteiger partial charge in [0.1, 0.15) is 0 Å². The van der Waals surface area contributed by atoms with Crippen molar-refractivity contribution in [1.82, 2.24) is 0 Å². The third kappa shape index (κ3) is 4.60. The summed E-state index contributed by atoms with van der Waals surface area (Å²) in [5.74, 6) is 0. The standard InChI is InChI=1S/C49H35NS/c1-49(2)42-23-8-5-17-37(42)40-22-12-25-44(48(40)49)50(34-30-28-33(29-31-34)36-20-11-15-32-14-3-4-16-35(32)36)43-24-9-6-18-38(43)39-21-13-27-46-47(39)41-19-7-10-26-45(41)51-46/h3-31H,1-2H3. The van der Waals surface area contributed by atoms with Crippen molar-refractivity contribution < 1.29 is 0 Å². The molecule has 10 rings (SSSR count). The molecule has 1 aliphatic rings. The lowest BCUT2D eigenvalue weighted by Gasteiger charge is -2.33. The van der Waals surface area contributed by atoms with Crippen LogP contribution in [-0.4, -0.2) is 0 Å². The molecule has 8 aromatic carbocycles. The molecular formula is C49H35NS. The minimum Gasteiger partial charge on any atom is -0.310 e. The maximum absolute atomic E-state index is 2.52. The zero-order valence-electron chi connectivity index (χ0n) is 28.6. The average Bonchev–Trinajstić information content (AvgIpc) is 3.68. The summed E-state index contributed by atoms with van der Waals surface area (Å²) in [5.41, 5.74) is 13.6. The van der Waals surface area contributed by atoms with Crippen molar-refractivity contribution in [1.29, 1.82) is 0 Å². The summed E-state index contributed by atoms with van der Waals surface area (Å²) in [7, 11) is 0. The lowest BCUT2D eigenvalue weighted by atomic mass is 9.81. The lowest BCUT2D eigenvalue weighted by molar-refractivity contribution is 0.661. The third-order valence-corrected chi connectivity index (χ3v) is 12.0. The van der Waals surface area contributed by atoms with Crippen LogP contribution in [0.3, 0.4) is 0 Å². The van der Waals surface area contributed by atoms with E-state index in [-0.39, 0.29) is 5.41 Å². The number of para-hydroxylation sites is 1. The lowest BCUT2D eigenvalue weighted by Crippen LogP contribution is -2.21. The highest BCUT2D eigenvalue weighted by molar-refractivity contribution is 7.25. The average molecular weight is 670 g/mol. The van der Waals surface area contributed by atoms with Gasteiger partial charge in [-0.25, -0.2) is 0 Å².